The molecule has 190 valence electrons. The number of carbonyl (C=O) groups excluding carboxylic acids is 2. The largest absolute Gasteiger partial charge is 0.495 e. The number of benzene rings is 2. The van der Waals surface area contributed by atoms with E-state index in [1.807, 2.05) is 32.9 Å². The number of nitrogens with one attached hydrogen (secondary N) is 2. The van der Waals surface area contributed by atoms with Crippen LogP contribution in [0.15, 0.2) is 47.6 Å². The maximum atomic E-state index is 12.8. The highest BCUT2D eigenvalue weighted by Crippen LogP contribution is 2.27. The van der Waals surface area contributed by atoms with Crippen molar-refractivity contribution in [3.05, 3.63) is 69.5 Å². The molecule has 2 amide bonds. The summed E-state index contributed by atoms with van der Waals surface area (Å²) in [5.41, 5.74) is 1.59. The number of methoxy groups -OCH3 is 1. The van der Waals surface area contributed by atoms with Gasteiger partial charge in [0.2, 0.25) is 5.91 Å². The molecule has 2 N–H and O–H groups in total. The lowest BCUT2D eigenvalue weighted by Gasteiger charge is -2.21. The van der Waals surface area contributed by atoms with Crippen LogP contribution in [0.5, 0.6) is 5.75 Å². The first-order chi connectivity index (χ1) is 17.1. The van der Waals surface area contributed by atoms with Gasteiger partial charge in [0.05, 0.1) is 29.5 Å². The topological polar surface area (TPSA) is 141 Å². The number of non-ortho nitro benzene ring substituents is 1. The number of aryl methyl sites for hydroxylation is 1. The number of thioether (sulfide) groups is 1. The predicted octanol–water partition coefficient (Wildman–Crippen LogP) is 3.90. The second kappa shape index (κ2) is 11.7. The first-order valence-corrected chi connectivity index (χ1v) is 12.1. The number of carbonyl (C=O) groups is 2. The van der Waals surface area contributed by atoms with Crippen molar-refractivity contribution in [2.75, 3.05) is 18.2 Å². The van der Waals surface area contributed by atoms with Crippen molar-refractivity contribution in [2.45, 2.75) is 32.0 Å². The molecule has 0 spiro atoms. The summed E-state index contributed by atoms with van der Waals surface area (Å²) < 4.78 is 7.03. The first kappa shape index (κ1) is 26.7. The van der Waals surface area contributed by atoms with E-state index < -0.39 is 16.9 Å². The molecule has 0 bridgehead atoms. The minimum atomic E-state index is -0.548. The third-order valence-corrected chi connectivity index (χ3v) is 6.40. The van der Waals surface area contributed by atoms with Crippen LogP contribution in [0.2, 0.25) is 0 Å². The number of nitrogens with zero attached hydrogens (tertiary/aromatic N) is 4. The summed E-state index contributed by atoms with van der Waals surface area (Å²) in [5.74, 6) is 0.431. The van der Waals surface area contributed by atoms with E-state index in [9.17, 15) is 19.7 Å². The summed E-state index contributed by atoms with van der Waals surface area (Å²) in [5, 5.41) is 25.7. The Labute approximate surface area is 212 Å². The van der Waals surface area contributed by atoms with Gasteiger partial charge in [0, 0.05) is 24.7 Å². The maximum absolute atomic E-state index is 12.8. The van der Waals surface area contributed by atoms with E-state index in [1.54, 1.807) is 24.8 Å². The Morgan fingerprint density at radius 2 is 1.94 bits per heavy atom. The van der Waals surface area contributed by atoms with Gasteiger partial charge in [-0.15, -0.1) is 10.2 Å². The van der Waals surface area contributed by atoms with Crippen LogP contribution in [-0.4, -0.2) is 44.4 Å². The Bertz CT molecular complexity index is 1280. The molecule has 3 aromatic rings. The van der Waals surface area contributed by atoms with Gasteiger partial charge >= 0.3 is 0 Å². The van der Waals surface area contributed by atoms with Crippen molar-refractivity contribution in [3.8, 4) is 5.75 Å². The van der Waals surface area contributed by atoms with Crippen LogP contribution in [-0.2, 0) is 11.8 Å². The minimum absolute atomic E-state index is 0.0505. The van der Waals surface area contributed by atoms with E-state index in [0.717, 1.165) is 5.56 Å². The first-order valence-electron chi connectivity index (χ1n) is 11.1. The van der Waals surface area contributed by atoms with E-state index in [2.05, 4.69) is 20.8 Å². The summed E-state index contributed by atoms with van der Waals surface area (Å²) in [6.45, 7) is 5.76. The Hall–Kier alpha value is -3.93. The van der Waals surface area contributed by atoms with Gasteiger partial charge in [-0.2, -0.15) is 0 Å². The summed E-state index contributed by atoms with van der Waals surface area (Å²) in [6.07, 6.45) is 0. The SMILES string of the molecule is COc1ccc(C)cc1NC(=O)CSc1nnc([C@@H](NC(=O)c2cccc([N+](=O)[O-])c2)C(C)C)n1C. The van der Waals surface area contributed by atoms with Gasteiger partial charge in [-0.1, -0.05) is 37.7 Å². The number of nitro groups is 1. The molecule has 1 aromatic heterocycles. The Kier molecular flexibility index (Phi) is 8.64. The molecule has 0 aliphatic carbocycles. The zero-order chi connectivity index (χ0) is 26.4. The number of hydrogen-bond acceptors (Lipinski definition) is 8. The zero-order valence-corrected chi connectivity index (χ0v) is 21.5. The fourth-order valence-electron chi connectivity index (χ4n) is 3.47. The monoisotopic (exact) mass is 512 g/mol. The summed E-state index contributed by atoms with van der Waals surface area (Å²) in [6, 6.07) is 10.5. The maximum Gasteiger partial charge on any atom is 0.270 e. The number of nitro benzene ring substituents is 1. The minimum Gasteiger partial charge on any atom is -0.495 e. The van der Waals surface area contributed by atoms with Crippen LogP contribution in [0.1, 0.15) is 41.6 Å². The van der Waals surface area contributed by atoms with Crippen LogP contribution in [0.25, 0.3) is 0 Å². The molecule has 3 rings (SSSR count). The lowest BCUT2D eigenvalue weighted by molar-refractivity contribution is -0.384. The molecule has 0 aliphatic rings. The smallest absolute Gasteiger partial charge is 0.270 e. The normalized spacial score (nSPS) is 11.7. The lowest BCUT2D eigenvalue weighted by atomic mass is 10.0. The van der Waals surface area contributed by atoms with Crippen molar-refractivity contribution < 1.29 is 19.2 Å². The quantitative estimate of drug-likeness (QED) is 0.237. The molecule has 0 saturated heterocycles. The average Bonchev–Trinajstić information content (AvgIpc) is 3.20. The van der Waals surface area contributed by atoms with E-state index in [1.165, 1.54) is 36.0 Å². The van der Waals surface area contributed by atoms with Gasteiger partial charge in [-0.05, 0) is 36.6 Å². The van der Waals surface area contributed by atoms with E-state index >= 15 is 0 Å². The highest BCUT2D eigenvalue weighted by atomic mass is 32.2. The highest BCUT2D eigenvalue weighted by molar-refractivity contribution is 7.99. The molecule has 36 heavy (non-hydrogen) atoms. The predicted molar refractivity (Wildman–Crippen MR) is 136 cm³/mol. The molecule has 2 aromatic carbocycles. The molecule has 1 heterocycles. The van der Waals surface area contributed by atoms with Gasteiger partial charge in [-0.25, -0.2) is 0 Å². The van der Waals surface area contributed by atoms with Gasteiger partial charge in [-0.3, -0.25) is 19.7 Å². The van der Waals surface area contributed by atoms with Crippen molar-refractivity contribution >= 4 is 35.0 Å². The highest BCUT2D eigenvalue weighted by Gasteiger charge is 2.26. The number of aromatic nitrogens is 3. The van der Waals surface area contributed by atoms with Crippen LogP contribution >= 0.6 is 11.8 Å². The molecule has 11 nitrogen and oxygen atoms in total. The molecule has 1 atom stereocenters. The molecule has 0 saturated carbocycles. The molecule has 0 fully saturated rings. The number of ether oxygens (including phenoxy) is 1. The summed E-state index contributed by atoms with van der Waals surface area (Å²) in [7, 11) is 3.30. The van der Waals surface area contributed by atoms with Crippen LogP contribution in [0, 0.1) is 23.0 Å². The molecule has 0 aliphatic heterocycles. The summed E-state index contributed by atoms with van der Waals surface area (Å²) >= 11 is 1.21. The van der Waals surface area contributed by atoms with Crippen molar-refractivity contribution in [1.29, 1.82) is 0 Å². The number of rotatable bonds is 10. The fourth-order valence-corrected chi connectivity index (χ4v) is 4.19. The number of anilines is 1. The van der Waals surface area contributed by atoms with Gasteiger partial charge < -0.3 is 19.9 Å². The Morgan fingerprint density at radius 3 is 2.61 bits per heavy atom. The third kappa shape index (κ3) is 6.39. The molecular weight excluding hydrogens is 484 g/mol. The van der Waals surface area contributed by atoms with Gasteiger partial charge in [0.15, 0.2) is 11.0 Å². The van der Waals surface area contributed by atoms with Crippen molar-refractivity contribution in [3.63, 3.8) is 0 Å². The van der Waals surface area contributed by atoms with E-state index in [-0.39, 0.29) is 28.8 Å². The van der Waals surface area contributed by atoms with Gasteiger partial charge in [0.25, 0.3) is 11.6 Å². The average molecular weight is 513 g/mol. The van der Waals surface area contributed by atoms with Crippen molar-refractivity contribution in [2.24, 2.45) is 13.0 Å². The van der Waals surface area contributed by atoms with Crippen molar-refractivity contribution in [1.82, 2.24) is 20.1 Å². The Morgan fingerprint density at radius 1 is 1.19 bits per heavy atom. The lowest BCUT2D eigenvalue weighted by Crippen LogP contribution is -2.33. The summed E-state index contributed by atoms with van der Waals surface area (Å²) in [4.78, 5) is 35.9. The second-order valence-electron chi connectivity index (χ2n) is 8.44. The number of amides is 2. The van der Waals surface area contributed by atoms with E-state index in [0.29, 0.717) is 22.4 Å². The Balaban J connectivity index is 1.70. The standard InChI is InChI=1S/C24H28N6O5S/c1-14(2)21(26-23(32)16-7-6-8-17(12-16)30(33)34)22-27-28-24(29(22)4)36-13-20(31)25-18-11-15(3)9-10-19(18)35-5/h6-12,14,21H,13H2,1-5H3,(H,25,31)(H,26,32)/t21-/m0/s1. The van der Waals surface area contributed by atoms with Crippen LogP contribution < -0.4 is 15.4 Å². The fraction of sp³-hybridized carbons (Fsp3) is 0.333. The van der Waals surface area contributed by atoms with Crippen LogP contribution in [0.3, 0.4) is 0 Å². The molecule has 0 radical (unpaired) electrons. The van der Waals surface area contributed by atoms with Gasteiger partial charge in [0.1, 0.15) is 5.75 Å². The molecular formula is C24H28N6O5S. The zero-order valence-electron chi connectivity index (χ0n) is 20.6. The molecule has 0 unspecified atom stereocenters. The van der Waals surface area contributed by atoms with Crippen LogP contribution in [0.4, 0.5) is 11.4 Å². The third-order valence-electron chi connectivity index (χ3n) is 5.38. The number of hydrogen-bond donors (Lipinski definition) is 2. The van der Waals surface area contributed by atoms with E-state index in [4.69, 9.17) is 4.74 Å². The second-order valence-corrected chi connectivity index (χ2v) is 9.39. The molecule has 12 heteroatoms.